The van der Waals surface area contributed by atoms with E-state index in [1.807, 2.05) is 18.7 Å². The van der Waals surface area contributed by atoms with Crippen molar-refractivity contribution >= 4 is 34.9 Å². The van der Waals surface area contributed by atoms with Gasteiger partial charge in [-0.3, -0.25) is 4.79 Å². The van der Waals surface area contributed by atoms with E-state index < -0.39 is 5.54 Å². The van der Waals surface area contributed by atoms with Crippen molar-refractivity contribution in [3.63, 3.8) is 0 Å². The second-order valence-electron chi connectivity index (χ2n) is 4.75. The van der Waals surface area contributed by atoms with E-state index >= 15 is 0 Å². The number of aromatic nitrogens is 2. The monoisotopic (exact) mass is 288 g/mol. The third-order valence-corrected chi connectivity index (χ3v) is 3.60. The van der Waals surface area contributed by atoms with Crippen molar-refractivity contribution in [2.24, 2.45) is 0 Å². The Labute approximate surface area is 116 Å². The molecule has 1 aromatic heterocycles. The first-order valence-corrected chi connectivity index (χ1v) is 6.31. The third kappa shape index (κ3) is 2.12. The van der Waals surface area contributed by atoms with Crippen LogP contribution in [0.4, 0.5) is 5.82 Å². The lowest BCUT2D eigenvalue weighted by Gasteiger charge is -2.45. The van der Waals surface area contributed by atoms with Crippen LogP contribution < -0.4 is 4.90 Å². The van der Waals surface area contributed by atoms with E-state index in [0.717, 1.165) is 0 Å². The number of piperazine rings is 1. The van der Waals surface area contributed by atoms with Crippen molar-refractivity contribution in [2.75, 3.05) is 25.0 Å². The maximum Gasteiger partial charge on any atom is 0.247 e. The Kier molecular flexibility index (Phi) is 3.38. The smallest absolute Gasteiger partial charge is 0.247 e. The van der Waals surface area contributed by atoms with E-state index in [9.17, 15) is 4.79 Å². The molecule has 0 N–H and O–H groups in total. The summed E-state index contributed by atoms with van der Waals surface area (Å²) in [5, 5.41) is 0.515. The van der Waals surface area contributed by atoms with Crippen molar-refractivity contribution < 1.29 is 4.79 Å². The summed E-state index contributed by atoms with van der Waals surface area (Å²) in [6, 6.07) is 0. The van der Waals surface area contributed by atoms with Crippen LogP contribution in [0.2, 0.25) is 10.3 Å². The zero-order chi connectivity index (χ0) is 13.5. The van der Waals surface area contributed by atoms with Gasteiger partial charge in [0.1, 0.15) is 10.6 Å². The molecule has 1 aromatic rings. The van der Waals surface area contributed by atoms with E-state index in [0.29, 0.717) is 23.9 Å². The quantitative estimate of drug-likeness (QED) is 0.740. The first kappa shape index (κ1) is 13.4. The Morgan fingerprint density at radius 2 is 2.00 bits per heavy atom. The highest BCUT2D eigenvalue weighted by molar-refractivity contribution is 6.33. The van der Waals surface area contributed by atoms with Gasteiger partial charge in [0.25, 0.3) is 0 Å². The summed E-state index contributed by atoms with van der Waals surface area (Å²) < 4.78 is 0. The number of anilines is 1. The molecule has 98 valence electrons. The van der Waals surface area contributed by atoms with Gasteiger partial charge >= 0.3 is 0 Å². The van der Waals surface area contributed by atoms with Gasteiger partial charge in [-0.15, -0.1) is 0 Å². The normalized spacial score (nSPS) is 19.3. The fourth-order valence-electron chi connectivity index (χ4n) is 2.11. The van der Waals surface area contributed by atoms with Crippen LogP contribution in [0.25, 0.3) is 0 Å². The predicted octanol–water partition coefficient (Wildman–Crippen LogP) is 1.84. The summed E-state index contributed by atoms with van der Waals surface area (Å²) in [7, 11) is 1.79. The number of nitrogens with zero attached hydrogens (tertiary/aromatic N) is 4. The number of halogens is 2. The van der Waals surface area contributed by atoms with Gasteiger partial charge in [0, 0.05) is 20.1 Å². The lowest BCUT2D eigenvalue weighted by Crippen LogP contribution is -2.62. The Balaban J connectivity index is 2.44. The number of carbonyl (C=O) groups is 1. The van der Waals surface area contributed by atoms with Crippen molar-refractivity contribution in [1.82, 2.24) is 14.9 Å². The van der Waals surface area contributed by atoms with Crippen LogP contribution in [-0.2, 0) is 4.79 Å². The van der Waals surface area contributed by atoms with E-state index in [4.69, 9.17) is 23.2 Å². The standard InChI is InChI=1S/C11H14Cl2N4O/c1-11(2)9(18)16(3)4-5-17(11)8-7(12)6-14-10(13)15-8/h6H,4-5H2,1-3H3. The SMILES string of the molecule is CN1CCN(c2nc(Cl)ncc2Cl)C(C)(C)C1=O. The Hall–Kier alpha value is -1.07. The Bertz CT molecular complexity index is 492. The van der Waals surface area contributed by atoms with Crippen molar-refractivity contribution in [1.29, 1.82) is 0 Å². The van der Waals surface area contributed by atoms with E-state index in [1.54, 1.807) is 11.9 Å². The van der Waals surface area contributed by atoms with Crippen LogP contribution in [0.5, 0.6) is 0 Å². The van der Waals surface area contributed by atoms with Crippen LogP contribution >= 0.6 is 23.2 Å². The molecule has 1 fully saturated rings. The summed E-state index contributed by atoms with van der Waals surface area (Å²) in [5.74, 6) is 0.530. The summed E-state index contributed by atoms with van der Waals surface area (Å²) in [6.07, 6.45) is 1.45. The molecule has 0 spiro atoms. The fourth-order valence-corrected chi connectivity index (χ4v) is 2.43. The minimum absolute atomic E-state index is 0.0274. The van der Waals surface area contributed by atoms with Gasteiger partial charge in [-0.25, -0.2) is 4.98 Å². The molecule has 7 heteroatoms. The van der Waals surface area contributed by atoms with E-state index in [1.165, 1.54) is 6.20 Å². The highest BCUT2D eigenvalue weighted by Crippen LogP contribution is 2.32. The molecule has 5 nitrogen and oxygen atoms in total. The molecule has 2 rings (SSSR count). The molecule has 1 saturated heterocycles. The molecule has 0 atom stereocenters. The third-order valence-electron chi connectivity index (χ3n) is 3.16. The van der Waals surface area contributed by atoms with Gasteiger partial charge in [-0.1, -0.05) is 11.6 Å². The first-order valence-electron chi connectivity index (χ1n) is 5.55. The second kappa shape index (κ2) is 4.55. The number of hydrogen-bond donors (Lipinski definition) is 0. The number of carbonyl (C=O) groups excluding carboxylic acids is 1. The zero-order valence-electron chi connectivity index (χ0n) is 10.4. The average Bonchev–Trinajstić information content (AvgIpc) is 2.30. The minimum Gasteiger partial charge on any atom is -0.342 e. The van der Waals surface area contributed by atoms with Crippen molar-refractivity contribution in [3.8, 4) is 0 Å². The molecule has 1 aliphatic heterocycles. The highest BCUT2D eigenvalue weighted by atomic mass is 35.5. The lowest BCUT2D eigenvalue weighted by atomic mass is 9.98. The molecule has 0 bridgehead atoms. The summed E-state index contributed by atoms with van der Waals surface area (Å²) in [5.41, 5.74) is -0.700. The van der Waals surface area contributed by atoms with E-state index in [-0.39, 0.29) is 11.2 Å². The van der Waals surface area contributed by atoms with Gasteiger partial charge < -0.3 is 9.80 Å². The highest BCUT2D eigenvalue weighted by Gasteiger charge is 2.41. The Morgan fingerprint density at radius 1 is 1.33 bits per heavy atom. The average molecular weight is 289 g/mol. The van der Waals surface area contributed by atoms with Crippen molar-refractivity contribution in [3.05, 3.63) is 16.5 Å². The van der Waals surface area contributed by atoms with Crippen LogP contribution in [0, 0.1) is 0 Å². The van der Waals surface area contributed by atoms with Crippen LogP contribution in [0.1, 0.15) is 13.8 Å². The minimum atomic E-state index is -0.700. The molecule has 0 aliphatic carbocycles. The van der Waals surface area contributed by atoms with Gasteiger partial charge in [-0.2, -0.15) is 4.98 Å². The maximum absolute atomic E-state index is 12.2. The first-order chi connectivity index (χ1) is 8.34. The summed E-state index contributed by atoms with van der Waals surface area (Å²) in [4.78, 5) is 23.7. The topological polar surface area (TPSA) is 49.3 Å². The second-order valence-corrected chi connectivity index (χ2v) is 5.49. The molecule has 0 radical (unpaired) electrons. The number of amides is 1. The molecule has 0 aromatic carbocycles. The fraction of sp³-hybridized carbons (Fsp3) is 0.545. The lowest BCUT2D eigenvalue weighted by molar-refractivity contribution is -0.136. The molecule has 1 aliphatic rings. The summed E-state index contributed by atoms with van der Waals surface area (Å²) in [6.45, 7) is 4.97. The molecule has 0 unspecified atom stereocenters. The Morgan fingerprint density at radius 3 is 2.67 bits per heavy atom. The van der Waals surface area contributed by atoms with Crippen molar-refractivity contribution in [2.45, 2.75) is 19.4 Å². The number of likely N-dealkylation sites (N-methyl/N-ethyl adjacent to an activating group) is 1. The maximum atomic E-state index is 12.2. The van der Waals surface area contributed by atoms with Gasteiger partial charge in [0.15, 0.2) is 5.82 Å². The molecule has 1 amide bonds. The zero-order valence-corrected chi connectivity index (χ0v) is 12.0. The molecular weight excluding hydrogens is 275 g/mol. The van der Waals surface area contributed by atoms with Gasteiger partial charge in [0.2, 0.25) is 11.2 Å². The van der Waals surface area contributed by atoms with Crippen LogP contribution in [0.15, 0.2) is 6.20 Å². The molecular formula is C11H14Cl2N4O. The summed E-state index contributed by atoms with van der Waals surface area (Å²) >= 11 is 11.9. The molecule has 18 heavy (non-hydrogen) atoms. The van der Waals surface area contributed by atoms with Gasteiger partial charge in [-0.05, 0) is 25.4 Å². The molecule has 2 heterocycles. The van der Waals surface area contributed by atoms with Crippen LogP contribution in [0.3, 0.4) is 0 Å². The van der Waals surface area contributed by atoms with E-state index in [2.05, 4.69) is 9.97 Å². The number of rotatable bonds is 1. The van der Waals surface area contributed by atoms with Crippen LogP contribution in [-0.4, -0.2) is 46.5 Å². The largest absolute Gasteiger partial charge is 0.342 e. The predicted molar refractivity (Wildman–Crippen MR) is 71.1 cm³/mol. The molecule has 0 saturated carbocycles. The number of hydrogen-bond acceptors (Lipinski definition) is 4. The van der Waals surface area contributed by atoms with Gasteiger partial charge in [0.05, 0.1) is 6.20 Å².